The third kappa shape index (κ3) is 1.52. The van der Waals surface area contributed by atoms with E-state index >= 15 is 0 Å². The van der Waals surface area contributed by atoms with Crippen molar-refractivity contribution < 1.29 is 4.84 Å². The van der Waals surface area contributed by atoms with Crippen molar-refractivity contribution in [3.8, 4) is 0 Å². The molecule has 3 nitrogen and oxygen atoms in total. The molecule has 1 aliphatic rings. The van der Waals surface area contributed by atoms with Gasteiger partial charge in [-0.05, 0) is 18.9 Å². The Bertz CT molecular complexity index is 82.4. The Morgan fingerprint density at radius 2 is 2.62 bits per heavy atom. The first-order valence-electron chi connectivity index (χ1n) is 2.71. The van der Waals surface area contributed by atoms with Gasteiger partial charge in [0.15, 0.2) is 0 Å². The van der Waals surface area contributed by atoms with Crippen molar-refractivity contribution in [1.29, 1.82) is 0 Å². The summed E-state index contributed by atoms with van der Waals surface area (Å²) in [6.07, 6.45) is 5.49. The Hall–Kier alpha value is -0.540. The fourth-order valence-electron chi connectivity index (χ4n) is 0.578. The van der Waals surface area contributed by atoms with Gasteiger partial charge >= 0.3 is 0 Å². The first-order valence-corrected chi connectivity index (χ1v) is 2.71. The fraction of sp³-hybridized carbons (Fsp3) is 0.600. The van der Waals surface area contributed by atoms with Crippen molar-refractivity contribution in [3.63, 3.8) is 0 Å². The smallest absolute Gasteiger partial charge is 0.107 e. The summed E-state index contributed by atoms with van der Waals surface area (Å²) in [6, 6.07) is 0. The average Bonchev–Trinajstić information content (AvgIpc) is 1.94. The normalized spacial score (nSPS) is 28.9. The average molecular weight is 114 g/mol. The molecule has 0 aromatic rings. The van der Waals surface area contributed by atoms with Crippen LogP contribution in [-0.4, -0.2) is 6.17 Å². The minimum absolute atomic E-state index is 0.00926. The van der Waals surface area contributed by atoms with E-state index in [1.54, 1.807) is 6.26 Å². The third-order valence-electron chi connectivity index (χ3n) is 1.03. The maximum atomic E-state index is 5.46. The molecule has 0 aromatic carbocycles. The summed E-state index contributed by atoms with van der Waals surface area (Å²) in [7, 11) is 0. The van der Waals surface area contributed by atoms with E-state index < -0.39 is 0 Å². The Morgan fingerprint density at radius 3 is 3.50 bits per heavy atom. The van der Waals surface area contributed by atoms with Gasteiger partial charge in [-0.2, -0.15) is 0 Å². The molecule has 0 aromatic heterocycles. The van der Waals surface area contributed by atoms with Gasteiger partial charge in [-0.3, -0.25) is 0 Å². The topological polar surface area (TPSA) is 47.3 Å². The van der Waals surface area contributed by atoms with Gasteiger partial charge in [-0.25, -0.2) is 0 Å². The van der Waals surface area contributed by atoms with Crippen LogP contribution >= 0.6 is 0 Å². The van der Waals surface area contributed by atoms with Crippen LogP contribution in [0.5, 0.6) is 0 Å². The zero-order valence-electron chi connectivity index (χ0n) is 4.63. The van der Waals surface area contributed by atoms with E-state index in [1.807, 2.05) is 6.08 Å². The zero-order valence-corrected chi connectivity index (χ0v) is 4.63. The fourth-order valence-corrected chi connectivity index (χ4v) is 0.578. The Kier molecular flexibility index (Phi) is 1.88. The first-order chi connectivity index (χ1) is 3.89. The Labute approximate surface area is 48.5 Å². The summed E-state index contributed by atoms with van der Waals surface area (Å²) in [5.74, 6) is 0. The first kappa shape index (κ1) is 5.59. The molecule has 46 valence electrons. The molecule has 3 N–H and O–H groups in total. The molecule has 0 bridgehead atoms. The minimum Gasteiger partial charge on any atom is -0.415 e. The van der Waals surface area contributed by atoms with Gasteiger partial charge in [0, 0.05) is 0 Å². The Balaban J connectivity index is 2.28. The van der Waals surface area contributed by atoms with Crippen LogP contribution in [0.25, 0.3) is 0 Å². The monoisotopic (exact) mass is 114 g/mol. The van der Waals surface area contributed by atoms with E-state index in [0.29, 0.717) is 0 Å². The lowest BCUT2D eigenvalue weighted by molar-refractivity contribution is 0.105. The van der Waals surface area contributed by atoms with Crippen molar-refractivity contribution in [2.24, 2.45) is 5.73 Å². The van der Waals surface area contributed by atoms with Crippen LogP contribution in [0.2, 0.25) is 0 Å². The third-order valence-corrected chi connectivity index (χ3v) is 1.03. The maximum Gasteiger partial charge on any atom is 0.107 e. The number of hydrogen-bond donors (Lipinski definition) is 2. The quantitative estimate of drug-likeness (QED) is 0.469. The standard InChI is InChI=1S/C5H10N2O/c6-5-3-1-2-4-8-7-5/h2,4-5,7H,1,3,6H2. The van der Waals surface area contributed by atoms with E-state index in [1.165, 1.54) is 0 Å². The van der Waals surface area contributed by atoms with Gasteiger partial charge in [-0.15, -0.1) is 5.48 Å². The van der Waals surface area contributed by atoms with E-state index in [4.69, 9.17) is 10.6 Å². The number of nitrogens with one attached hydrogen (secondary N) is 1. The molecule has 1 aliphatic heterocycles. The highest BCUT2D eigenvalue weighted by molar-refractivity contribution is 4.77. The van der Waals surface area contributed by atoms with Crippen LogP contribution in [0.4, 0.5) is 0 Å². The summed E-state index contributed by atoms with van der Waals surface area (Å²) in [4.78, 5) is 4.75. The van der Waals surface area contributed by atoms with E-state index in [0.717, 1.165) is 12.8 Å². The highest BCUT2D eigenvalue weighted by Crippen LogP contribution is 1.96. The highest BCUT2D eigenvalue weighted by Gasteiger charge is 2.00. The molecule has 0 radical (unpaired) electrons. The molecule has 0 aliphatic carbocycles. The van der Waals surface area contributed by atoms with Crippen LogP contribution in [0, 0.1) is 0 Å². The Morgan fingerprint density at radius 1 is 1.75 bits per heavy atom. The van der Waals surface area contributed by atoms with Gasteiger partial charge < -0.3 is 10.6 Å². The molecular weight excluding hydrogens is 104 g/mol. The van der Waals surface area contributed by atoms with E-state index in [-0.39, 0.29) is 6.17 Å². The van der Waals surface area contributed by atoms with Crippen LogP contribution in [0.15, 0.2) is 12.3 Å². The van der Waals surface area contributed by atoms with Crippen LogP contribution in [0.3, 0.4) is 0 Å². The lowest BCUT2D eigenvalue weighted by Gasteiger charge is -2.06. The summed E-state index contributed by atoms with van der Waals surface area (Å²) in [5, 5.41) is 0. The number of allylic oxidation sites excluding steroid dienone is 1. The van der Waals surface area contributed by atoms with E-state index in [2.05, 4.69) is 5.48 Å². The van der Waals surface area contributed by atoms with Crippen molar-refractivity contribution in [1.82, 2.24) is 5.48 Å². The lowest BCUT2D eigenvalue weighted by Crippen LogP contribution is -2.34. The van der Waals surface area contributed by atoms with Crippen LogP contribution in [0.1, 0.15) is 12.8 Å². The number of nitrogens with two attached hydrogens (primary N) is 1. The molecule has 0 amide bonds. The van der Waals surface area contributed by atoms with Gasteiger partial charge in [0.05, 0.1) is 6.17 Å². The second kappa shape index (κ2) is 2.69. The molecule has 1 heterocycles. The van der Waals surface area contributed by atoms with Gasteiger partial charge in [-0.1, -0.05) is 0 Å². The SMILES string of the molecule is NC1CCC=CON1. The molecule has 0 saturated heterocycles. The van der Waals surface area contributed by atoms with E-state index in [9.17, 15) is 0 Å². The summed E-state index contributed by atoms with van der Waals surface area (Å²) in [6.45, 7) is 0. The molecule has 0 spiro atoms. The summed E-state index contributed by atoms with van der Waals surface area (Å²) >= 11 is 0. The van der Waals surface area contributed by atoms with Crippen molar-refractivity contribution >= 4 is 0 Å². The lowest BCUT2D eigenvalue weighted by atomic mass is 10.3. The number of rotatable bonds is 0. The predicted octanol–water partition coefficient (Wildman–Crippen LogP) is 0.0999. The maximum absolute atomic E-state index is 5.46. The van der Waals surface area contributed by atoms with Gasteiger partial charge in [0.2, 0.25) is 0 Å². The second-order valence-corrected chi connectivity index (χ2v) is 1.79. The molecule has 3 heteroatoms. The predicted molar refractivity (Wildman–Crippen MR) is 30.6 cm³/mol. The summed E-state index contributed by atoms with van der Waals surface area (Å²) in [5.41, 5.74) is 8.09. The number of hydrogen-bond acceptors (Lipinski definition) is 3. The molecule has 1 atom stereocenters. The molecule has 0 fully saturated rings. The highest BCUT2D eigenvalue weighted by atomic mass is 16.6. The largest absolute Gasteiger partial charge is 0.415 e. The molecular formula is C5H10N2O. The molecule has 1 unspecified atom stereocenters. The van der Waals surface area contributed by atoms with Gasteiger partial charge in [0.1, 0.15) is 6.26 Å². The number of hydroxylamine groups is 1. The molecule has 0 saturated carbocycles. The molecule has 8 heavy (non-hydrogen) atoms. The van der Waals surface area contributed by atoms with Gasteiger partial charge in [0.25, 0.3) is 0 Å². The zero-order chi connectivity index (χ0) is 5.82. The van der Waals surface area contributed by atoms with Crippen molar-refractivity contribution in [2.75, 3.05) is 0 Å². The van der Waals surface area contributed by atoms with Crippen LogP contribution in [-0.2, 0) is 4.84 Å². The summed E-state index contributed by atoms with van der Waals surface area (Å²) < 4.78 is 0. The van der Waals surface area contributed by atoms with Crippen molar-refractivity contribution in [3.05, 3.63) is 12.3 Å². The van der Waals surface area contributed by atoms with Crippen LogP contribution < -0.4 is 11.2 Å². The molecule has 1 rings (SSSR count). The minimum atomic E-state index is -0.00926. The van der Waals surface area contributed by atoms with Crippen molar-refractivity contribution in [2.45, 2.75) is 19.0 Å². The second-order valence-electron chi connectivity index (χ2n) is 1.79.